The first kappa shape index (κ1) is 16.4. The van der Waals surface area contributed by atoms with Gasteiger partial charge in [0.05, 0.1) is 13.7 Å². The summed E-state index contributed by atoms with van der Waals surface area (Å²) in [7, 11) is -2.57. The molecule has 0 spiro atoms. The second kappa shape index (κ2) is 5.80. The maximum atomic E-state index is 6.13. The van der Waals surface area contributed by atoms with E-state index in [9.17, 15) is 0 Å². The van der Waals surface area contributed by atoms with Crippen molar-refractivity contribution in [2.75, 3.05) is 12.8 Å². The van der Waals surface area contributed by atoms with Crippen LogP contribution in [0.3, 0.4) is 0 Å². The molecule has 0 heterocycles. The molecule has 98 valence electrons. The summed E-state index contributed by atoms with van der Waals surface area (Å²) in [6.45, 7) is 18.8. The molecule has 0 saturated heterocycles. The van der Waals surface area contributed by atoms with Crippen LogP contribution < -0.4 is 0 Å². The van der Waals surface area contributed by atoms with E-state index in [1.807, 2.05) is 0 Å². The van der Waals surface area contributed by atoms with E-state index < -0.39 is 16.4 Å². The van der Waals surface area contributed by atoms with Crippen LogP contribution in [-0.4, -0.2) is 34.8 Å². The van der Waals surface area contributed by atoms with Crippen LogP contribution in [0.4, 0.5) is 0 Å². The third-order valence-corrected chi connectivity index (χ3v) is 5.77. The second-order valence-electron chi connectivity index (χ2n) is 7.32. The van der Waals surface area contributed by atoms with Gasteiger partial charge in [-0.2, -0.15) is 0 Å². The largest absolute Gasteiger partial charge is 0.420 e. The number of hydrogen-bond acceptors (Lipinski definition) is 2. The summed E-state index contributed by atoms with van der Waals surface area (Å²) in [5.74, 6) is 0. The standard InChI is InChI=1S/C12H30O2Si2/c1-12(2,3)13-9-10-16(7,8)14-11-15(4,5)6/h9-11H2,1-8H3. The molecule has 0 atom stereocenters. The zero-order valence-electron chi connectivity index (χ0n) is 12.4. The topological polar surface area (TPSA) is 18.5 Å². The highest BCUT2D eigenvalue weighted by Gasteiger charge is 2.26. The van der Waals surface area contributed by atoms with E-state index >= 15 is 0 Å². The summed E-state index contributed by atoms with van der Waals surface area (Å²) in [4.78, 5) is 0. The molecule has 0 unspecified atom stereocenters. The van der Waals surface area contributed by atoms with Crippen LogP contribution in [0.1, 0.15) is 20.8 Å². The van der Waals surface area contributed by atoms with Gasteiger partial charge in [-0.05, 0) is 39.9 Å². The lowest BCUT2D eigenvalue weighted by molar-refractivity contribution is 0.00386. The van der Waals surface area contributed by atoms with Gasteiger partial charge in [-0.25, -0.2) is 0 Å². The van der Waals surface area contributed by atoms with Crippen LogP contribution in [0.25, 0.3) is 0 Å². The van der Waals surface area contributed by atoms with Crippen LogP contribution in [0.2, 0.25) is 38.8 Å². The third kappa shape index (κ3) is 10.9. The molecule has 0 aromatic heterocycles. The molecular weight excluding hydrogens is 232 g/mol. The minimum Gasteiger partial charge on any atom is -0.420 e. The van der Waals surface area contributed by atoms with E-state index in [2.05, 4.69) is 53.5 Å². The molecule has 0 aromatic rings. The molecule has 16 heavy (non-hydrogen) atoms. The predicted molar refractivity (Wildman–Crippen MR) is 77.3 cm³/mol. The molecule has 0 aromatic carbocycles. The zero-order valence-corrected chi connectivity index (χ0v) is 14.4. The van der Waals surface area contributed by atoms with Crippen molar-refractivity contribution >= 4 is 16.4 Å². The first-order chi connectivity index (χ1) is 6.91. The Balaban J connectivity index is 3.88. The Labute approximate surface area is 104 Å². The van der Waals surface area contributed by atoms with Crippen LogP contribution >= 0.6 is 0 Å². The minimum atomic E-state index is -1.50. The average Bonchev–Trinajstić information content (AvgIpc) is 1.97. The van der Waals surface area contributed by atoms with Gasteiger partial charge in [0.2, 0.25) is 0 Å². The summed E-state index contributed by atoms with van der Waals surface area (Å²) in [6, 6.07) is 1.09. The van der Waals surface area contributed by atoms with Crippen LogP contribution in [0.5, 0.6) is 0 Å². The van der Waals surface area contributed by atoms with Crippen LogP contribution in [0, 0.1) is 0 Å². The summed E-state index contributed by atoms with van der Waals surface area (Å²) in [5.41, 5.74) is -0.0245. The molecule has 0 radical (unpaired) electrons. The van der Waals surface area contributed by atoms with Crippen molar-refractivity contribution in [3.05, 3.63) is 0 Å². The van der Waals surface area contributed by atoms with E-state index in [0.29, 0.717) is 0 Å². The lowest BCUT2D eigenvalue weighted by atomic mass is 10.2. The number of rotatable bonds is 6. The summed E-state index contributed by atoms with van der Waals surface area (Å²) < 4.78 is 11.9. The quantitative estimate of drug-likeness (QED) is 0.676. The smallest absolute Gasteiger partial charge is 0.188 e. The lowest BCUT2D eigenvalue weighted by Gasteiger charge is -2.28. The lowest BCUT2D eigenvalue weighted by Crippen LogP contribution is -2.40. The normalized spacial score (nSPS) is 14.2. The van der Waals surface area contributed by atoms with E-state index in [1.54, 1.807) is 0 Å². The van der Waals surface area contributed by atoms with E-state index in [4.69, 9.17) is 9.16 Å². The molecule has 2 nitrogen and oxygen atoms in total. The Morgan fingerprint density at radius 1 is 0.938 bits per heavy atom. The second-order valence-corrected chi connectivity index (χ2v) is 17.0. The van der Waals surface area contributed by atoms with Gasteiger partial charge in [-0.1, -0.05) is 19.6 Å². The number of ether oxygens (including phenoxy) is 1. The van der Waals surface area contributed by atoms with Crippen molar-refractivity contribution in [1.82, 2.24) is 0 Å². The van der Waals surface area contributed by atoms with Gasteiger partial charge in [0.1, 0.15) is 0 Å². The Bertz CT molecular complexity index is 202. The van der Waals surface area contributed by atoms with Gasteiger partial charge >= 0.3 is 0 Å². The van der Waals surface area contributed by atoms with Crippen LogP contribution in [0.15, 0.2) is 0 Å². The molecular formula is C12H30O2Si2. The molecule has 0 fully saturated rings. The van der Waals surface area contributed by atoms with Crippen molar-refractivity contribution in [3.63, 3.8) is 0 Å². The monoisotopic (exact) mass is 262 g/mol. The maximum absolute atomic E-state index is 6.13. The van der Waals surface area contributed by atoms with Gasteiger partial charge in [-0.15, -0.1) is 0 Å². The Morgan fingerprint density at radius 3 is 1.81 bits per heavy atom. The predicted octanol–water partition coefficient (Wildman–Crippen LogP) is 3.90. The summed E-state index contributed by atoms with van der Waals surface area (Å²) in [5, 5.41) is 0. The molecule has 0 aliphatic heterocycles. The molecule has 0 saturated carbocycles. The first-order valence-electron chi connectivity index (χ1n) is 6.19. The molecule has 0 aliphatic rings. The van der Waals surface area contributed by atoms with Crippen LogP contribution in [-0.2, 0) is 9.16 Å². The molecule has 0 N–H and O–H groups in total. The maximum Gasteiger partial charge on any atom is 0.188 e. The third-order valence-electron chi connectivity index (χ3n) is 2.14. The summed E-state index contributed by atoms with van der Waals surface area (Å²) in [6.07, 6.45) is 0.988. The van der Waals surface area contributed by atoms with Crippen molar-refractivity contribution < 1.29 is 9.16 Å². The van der Waals surface area contributed by atoms with E-state index in [0.717, 1.165) is 18.9 Å². The first-order valence-corrected chi connectivity index (χ1v) is 13.0. The molecule has 4 heteroatoms. The highest BCUT2D eigenvalue weighted by atomic mass is 28.4. The zero-order chi connectivity index (χ0) is 13.0. The highest BCUT2D eigenvalue weighted by Crippen LogP contribution is 2.16. The van der Waals surface area contributed by atoms with Gasteiger partial charge in [-0.3, -0.25) is 0 Å². The van der Waals surface area contributed by atoms with Crippen molar-refractivity contribution in [1.29, 1.82) is 0 Å². The fraction of sp³-hybridized carbons (Fsp3) is 1.00. The summed E-state index contributed by atoms with van der Waals surface area (Å²) >= 11 is 0. The Kier molecular flexibility index (Phi) is 5.93. The van der Waals surface area contributed by atoms with Crippen molar-refractivity contribution in [2.24, 2.45) is 0 Å². The average molecular weight is 263 g/mol. The van der Waals surface area contributed by atoms with Gasteiger partial charge in [0.15, 0.2) is 8.32 Å². The van der Waals surface area contributed by atoms with Crippen molar-refractivity contribution in [2.45, 2.75) is 65.2 Å². The minimum absolute atomic E-state index is 0.0245. The SMILES string of the molecule is CC(C)(C)OCC[Si](C)(C)OC[Si](C)(C)C. The Morgan fingerprint density at radius 2 is 1.44 bits per heavy atom. The van der Waals surface area contributed by atoms with Gasteiger partial charge in [0, 0.05) is 12.8 Å². The number of hydrogen-bond donors (Lipinski definition) is 0. The fourth-order valence-corrected chi connectivity index (χ4v) is 5.12. The highest BCUT2D eigenvalue weighted by molar-refractivity contribution is 6.78. The van der Waals surface area contributed by atoms with E-state index in [1.165, 1.54) is 0 Å². The fourth-order valence-electron chi connectivity index (χ4n) is 1.09. The molecule has 0 amide bonds. The molecule has 0 rings (SSSR count). The van der Waals surface area contributed by atoms with E-state index in [-0.39, 0.29) is 5.60 Å². The Hall–Kier alpha value is 0.354. The molecule has 0 aliphatic carbocycles. The van der Waals surface area contributed by atoms with Gasteiger partial charge in [0.25, 0.3) is 0 Å². The molecule has 0 bridgehead atoms. The van der Waals surface area contributed by atoms with Gasteiger partial charge < -0.3 is 9.16 Å². The van der Waals surface area contributed by atoms with Crippen molar-refractivity contribution in [3.8, 4) is 0 Å².